The highest BCUT2D eigenvalue weighted by Crippen LogP contribution is 2.41. The van der Waals surface area contributed by atoms with Gasteiger partial charge in [-0.15, -0.1) is 0 Å². The second-order valence-electron chi connectivity index (χ2n) is 6.66. The smallest absolute Gasteiger partial charge is 0.312 e. The van der Waals surface area contributed by atoms with Crippen LogP contribution < -0.4 is 0 Å². The first kappa shape index (κ1) is 17.5. The van der Waals surface area contributed by atoms with Gasteiger partial charge in [-0.3, -0.25) is 4.79 Å². The van der Waals surface area contributed by atoms with Gasteiger partial charge in [-0.05, 0) is 32.6 Å². The maximum Gasteiger partial charge on any atom is 0.312 e. The maximum absolute atomic E-state index is 12.4. The van der Waals surface area contributed by atoms with Crippen molar-refractivity contribution in [1.29, 1.82) is 0 Å². The zero-order valence-electron chi connectivity index (χ0n) is 13.9. The molecule has 1 heterocycles. The monoisotopic (exact) mass is 282 g/mol. The molecule has 0 aromatic heterocycles. The molecule has 0 bridgehead atoms. The van der Waals surface area contributed by atoms with Gasteiger partial charge in [0.2, 0.25) is 0 Å². The zero-order chi connectivity index (χ0) is 14.8. The predicted octanol–water partition coefficient (Wildman–Crippen LogP) is 5.64. The summed E-state index contributed by atoms with van der Waals surface area (Å²) in [5.41, 5.74) is -0.145. The highest BCUT2D eigenvalue weighted by Gasteiger charge is 2.42. The SMILES string of the molecule is CCCCCCC1(CCCCCC)CCC(C)OC1=O. The molecule has 0 aromatic carbocycles. The average molecular weight is 282 g/mol. The van der Waals surface area contributed by atoms with Crippen molar-refractivity contribution in [3.8, 4) is 0 Å². The Hall–Kier alpha value is -0.530. The number of carbonyl (C=O) groups is 1. The van der Waals surface area contributed by atoms with E-state index in [4.69, 9.17) is 4.74 Å². The number of carbonyl (C=O) groups excluding carboxylic acids is 1. The van der Waals surface area contributed by atoms with Crippen LogP contribution in [-0.2, 0) is 9.53 Å². The van der Waals surface area contributed by atoms with E-state index in [1.54, 1.807) is 0 Å². The van der Waals surface area contributed by atoms with E-state index in [0.29, 0.717) is 0 Å². The van der Waals surface area contributed by atoms with Crippen LogP contribution in [0.2, 0.25) is 0 Å². The summed E-state index contributed by atoms with van der Waals surface area (Å²) < 4.78 is 5.58. The Kier molecular flexibility index (Phi) is 8.25. The van der Waals surface area contributed by atoms with Crippen LogP contribution in [0.5, 0.6) is 0 Å². The first-order valence-corrected chi connectivity index (χ1v) is 8.85. The second-order valence-corrected chi connectivity index (χ2v) is 6.66. The molecule has 0 spiro atoms. The molecule has 1 aliphatic rings. The molecule has 1 fully saturated rings. The predicted molar refractivity (Wildman–Crippen MR) is 84.7 cm³/mol. The fourth-order valence-electron chi connectivity index (χ4n) is 3.31. The van der Waals surface area contributed by atoms with Crippen molar-refractivity contribution in [3.05, 3.63) is 0 Å². The third-order valence-corrected chi connectivity index (χ3v) is 4.79. The molecule has 0 amide bonds. The lowest BCUT2D eigenvalue weighted by atomic mass is 9.72. The van der Waals surface area contributed by atoms with Gasteiger partial charge in [-0.25, -0.2) is 0 Å². The molecule has 118 valence electrons. The van der Waals surface area contributed by atoms with Crippen LogP contribution in [0, 0.1) is 5.41 Å². The van der Waals surface area contributed by atoms with Crippen LogP contribution in [0.25, 0.3) is 0 Å². The third-order valence-electron chi connectivity index (χ3n) is 4.79. The van der Waals surface area contributed by atoms with E-state index >= 15 is 0 Å². The van der Waals surface area contributed by atoms with Gasteiger partial charge in [0.25, 0.3) is 0 Å². The Morgan fingerprint density at radius 3 is 2.00 bits per heavy atom. The molecule has 0 N–H and O–H groups in total. The molecule has 0 radical (unpaired) electrons. The normalized spacial score (nSPS) is 21.8. The van der Waals surface area contributed by atoms with Gasteiger partial charge >= 0.3 is 5.97 Å². The number of rotatable bonds is 10. The summed E-state index contributed by atoms with van der Waals surface area (Å²) in [6, 6.07) is 0. The van der Waals surface area contributed by atoms with Crippen LogP contribution in [0.4, 0.5) is 0 Å². The van der Waals surface area contributed by atoms with E-state index in [1.807, 2.05) is 6.92 Å². The molecule has 1 aliphatic heterocycles. The van der Waals surface area contributed by atoms with Crippen molar-refractivity contribution in [1.82, 2.24) is 0 Å². The van der Waals surface area contributed by atoms with Crippen LogP contribution in [0.15, 0.2) is 0 Å². The Morgan fingerprint density at radius 2 is 1.55 bits per heavy atom. The van der Waals surface area contributed by atoms with Crippen molar-refractivity contribution < 1.29 is 9.53 Å². The Labute approximate surface area is 125 Å². The summed E-state index contributed by atoms with van der Waals surface area (Å²) in [4.78, 5) is 12.4. The van der Waals surface area contributed by atoms with E-state index in [1.165, 1.54) is 51.4 Å². The number of unbranched alkanes of at least 4 members (excludes halogenated alkanes) is 6. The summed E-state index contributed by atoms with van der Waals surface area (Å²) in [6.45, 7) is 6.49. The van der Waals surface area contributed by atoms with Crippen LogP contribution in [0.3, 0.4) is 0 Å². The van der Waals surface area contributed by atoms with Crippen LogP contribution in [-0.4, -0.2) is 12.1 Å². The molecular weight excluding hydrogens is 248 g/mol. The Bertz CT molecular complexity index is 261. The number of hydrogen-bond acceptors (Lipinski definition) is 2. The van der Waals surface area contributed by atoms with Gasteiger partial charge in [-0.2, -0.15) is 0 Å². The molecule has 1 rings (SSSR count). The van der Waals surface area contributed by atoms with Gasteiger partial charge in [0, 0.05) is 0 Å². The van der Waals surface area contributed by atoms with Crippen molar-refractivity contribution in [2.45, 2.75) is 104 Å². The summed E-state index contributed by atoms with van der Waals surface area (Å²) in [6.07, 6.45) is 14.3. The maximum atomic E-state index is 12.4. The molecule has 1 unspecified atom stereocenters. The molecule has 0 aromatic rings. The number of hydrogen-bond donors (Lipinski definition) is 0. The Morgan fingerprint density at radius 1 is 1.00 bits per heavy atom. The molecule has 0 saturated carbocycles. The largest absolute Gasteiger partial charge is 0.462 e. The fraction of sp³-hybridized carbons (Fsp3) is 0.944. The molecule has 2 nitrogen and oxygen atoms in total. The zero-order valence-corrected chi connectivity index (χ0v) is 13.9. The van der Waals surface area contributed by atoms with E-state index in [9.17, 15) is 4.79 Å². The number of cyclic esters (lactones) is 1. The van der Waals surface area contributed by atoms with Crippen molar-refractivity contribution >= 4 is 5.97 Å². The van der Waals surface area contributed by atoms with Crippen molar-refractivity contribution in [3.63, 3.8) is 0 Å². The number of esters is 1. The summed E-state index contributed by atoms with van der Waals surface area (Å²) in [5.74, 6) is 0.101. The van der Waals surface area contributed by atoms with Gasteiger partial charge in [0.05, 0.1) is 11.5 Å². The molecule has 20 heavy (non-hydrogen) atoms. The lowest BCUT2D eigenvalue weighted by Crippen LogP contribution is -2.40. The third kappa shape index (κ3) is 5.46. The first-order valence-electron chi connectivity index (χ1n) is 8.85. The molecule has 1 atom stereocenters. The summed E-state index contributed by atoms with van der Waals surface area (Å²) in [5, 5.41) is 0. The van der Waals surface area contributed by atoms with E-state index < -0.39 is 0 Å². The molecule has 2 heteroatoms. The molecule has 1 saturated heterocycles. The van der Waals surface area contributed by atoms with E-state index in [0.717, 1.165) is 25.7 Å². The standard InChI is InChI=1S/C18H34O2/c1-4-6-8-10-13-18(14-11-9-7-5-2)15-12-16(3)20-17(18)19/h16H,4-15H2,1-3H3. The summed E-state index contributed by atoms with van der Waals surface area (Å²) in [7, 11) is 0. The highest BCUT2D eigenvalue weighted by atomic mass is 16.5. The minimum absolute atomic E-state index is 0.101. The Balaban J connectivity index is 2.50. The lowest BCUT2D eigenvalue weighted by Gasteiger charge is -2.38. The minimum Gasteiger partial charge on any atom is -0.462 e. The van der Waals surface area contributed by atoms with Gasteiger partial charge in [0.15, 0.2) is 0 Å². The quantitative estimate of drug-likeness (QED) is 0.383. The van der Waals surface area contributed by atoms with Crippen LogP contribution in [0.1, 0.15) is 97.8 Å². The van der Waals surface area contributed by atoms with E-state index in [-0.39, 0.29) is 17.5 Å². The van der Waals surface area contributed by atoms with Crippen molar-refractivity contribution in [2.24, 2.45) is 5.41 Å². The second kappa shape index (κ2) is 9.41. The topological polar surface area (TPSA) is 26.3 Å². The van der Waals surface area contributed by atoms with E-state index in [2.05, 4.69) is 13.8 Å². The van der Waals surface area contributed by atoms with Crippen LogP contribution >= 0.6 is 0 Å². The fourth-order valence-corrected chi connectivity index (χ4v) is 3.31. The minimum atomic E-state index is -0.145. The van der Waals surface area contributed by atoms with Gasteiger partial charge < -0.3 is 4.74 Å². The van der Waals surface area contributed by atoms with Gasteiger partial charge in [0.1, 0.15) is 0 Å². The molecule has 0 aliphatic carbocycles. The highest BCUT2D eigenvalue weighted by molar-refractivity contribution is 5.77. The van der Waals surface area contributed by atoms with Crippen molar-refractivity contribution in [2.75, 3.05) is 0 Å². The average Bonchev–Trinajstić information content (AvgIpc) is 2.43. The first-order chi connectivity index (χ1) is 9.64. The lowest BCUT2D eigenvalue weighted by molar-refractivity contribution is -0.170. The number of ether oxygens (including phenoxy) is 1. The molecular formula is C18H34O2. The van der Waals surface area contributed by atoms with Gasteiger partial charge in [-0.1, -0.05) is 65.2 Å². The summed E-state index contributed by atoms with van der Waals surface area (Å²) >= 11 is 0.